The van der Waals surface area contributed by atoms with Gasteiger partial charge in [0, 0.05) is 5.56 Å². The molecule has 1 aliphatic rings. The van der Waals surface area contributed by atoms with Crippen molar-refractivity contribution in [1.82, 2.24) is 0 Å². The highest BCUT2D eigenvalue weighted by Gasteiger charge is 2.26. The predicted molar refractivity (Wildman–Crippen MR) is 126 cm³/mol. The zero-order valence-corrected chi connectivity index (χ0v) is 19.4. The highest BCUT2D eigenvalue weighted by Crippen LogP contribution is 2.38. The van der Waals surface area contributed by atoms with Crippen molar-refractivity contribution in [2.75, 3.05) is 14.2 Å². The molecule has 1 heterocycles. The van der Waals surface area contributed by atoms with Crippen LogP contribution >= 0.6 is 0 Å². The highest BCUT2D eigenvalue weighted by atomic mass is 19.1. The monoisotopic (exact) mass is 448 g/mol. The van der Waals surface area contributed by atoms with Crippen LogP contribution in [0.2, 0.25) is 0 Å². The molecule has 0 amide bonds. The Bertz CT molecular complexity index is 1140. The van der Waals surface area contributed by atoms with Crippen molar-refractivity contribution in [3.05, 3.63) is 83.2 Å². The number of aryl methyl sites for hydroxylation is 1. The summed E-state index contributed by atoms with van der Waals surface area (Å²) in [4.78, 5) is 12.0. The average molecular weight is 449 g/mol. The molecule has 4 nitrogen and oxygen atoms in total. The van der Waals surface area contributed by atoms with Crippen LogP contribution in [0, 0.1) is 11.7 Å². The third-order valence-corrected chi connectivity index (χ3v) is 6.65. The molecule has 1 aliphatic heterocycles. The maximum Gasteiger partial charge on any atom is 0.308 e. The zero-order valence-electron chi connectivity index (χ0n) is 19.4. The van der Waals surface area contributed by atoms with Crippen molar-refractivity contribution in [2.24, 2.45) is 5.92 Å². The summed E-state index contributed by atoms with van der Waals surface area (Å²) in [6.45, 7) is 3.91. The molecule has 0 aromatic heterocycles. The smallest absolute Gasteiger partial charge is 0.308 e. The van der Waals surface area contributed by atoms with Crippen LogP contribution in [0.5, 0.6) is 11.5 Å². The summed E-state index contributed by atoms with van der Waals surface area (Å²) >= 11 is 0. The summed E-state index contributed by atoms with van der Waals surface area (Å²) in [5.41, 5.74) is 4.57. The number of hydrogen-bond donors (Lipinski definition) is 0. The van der Waals surface area contributed by atoms with Gasteiger partial charge in [-0.05, 0) is 65.3 Å². The third kappa shape index (κ3) is 4.72. The second-order valence-electron chi connectivity index (χ2n) is 8.58. The lowest BCUT2D eigenvalue weighted by atomic mass is 9.87. The number of rotatable bonds is 6. The normalized spacial score (nSPS) is 16.8. The lowest BCUT2D eigenvalue weighted by Gasteiger charge is -2.28. The Morgan fingerprint density at radius 1 is 1.03 bits per heavy atom. The van der Waals surface area contributed by atoms with E-state index in [9.17, 15) is 9.18 Å². The van der Waals surface area contributed by atoms with Crippen LogP contribution in [-0.4, -0.2) is 20.2 Å². The first-order valence-corrected chi connectivity index (χ1v) is 11.2. The molecule has 3 aromatic rings. The fraction of sp³-hybridized carbons (Fsp3) is 0.321. The third-order valence-electron chi connectivity index (χ3n) is 6.65. The van der Waals surface area contributed by atoms with Crippen LogP contribution in [0.15, 0.2) is 60.7 Å². The topological polar surface area (TPSA) is 44.8 Å². The molecular weight excluding hydrogens is 419 g/mol. The molecule has 0 aliphatic carbocycles. The first-order valence-electron chi connectivity index (χ1n) is 11.2. The largest absolute Gasteiger partial charge is 0.497 e. The second kappa shape index (κ2) is 9.65. The second-order valence-corrected chi connectivity index (χ2v) is 8.58. The minimum Gasteiger partial charge on any atom is -0.497 e. The van der Waals surface area contributed by atoms with E-state index in [4.69, 9.17) is 14.2 Å². The molecule has 0 saturated carbocycles. The quantitative estimate of drug-likeness (QED) is 0.405. The first kappa shape index (κ1) is 22.8. The van der Waals surface area contributed by atoms with Crippen molar-refractivity contribution in [2.45, 2.75) is 38.7 Å². The summed E-state index contributed by atoms with van der Waals surface area (Å²) < 4.78 is 30.8. The summed E-state index contributed by atoms with van der Waals surface area (Å²) in [6, 6.07) is 18.8. The minimum absolute atomic E-state index is 0.0174. The molecule has 5 heteroatoms. The number of hydrogen-bond acceptors (Lipinski definition) is 4. The minimum atomic E-state index is -0.283. The van der Waals surface area contributed by atoms with Gasteiger partial charge in [0.2, 0.25) is 0 Å². The molecule has 0 spiro atoms. The number of carbonyl (C=O) groups excluding carboxylic acids is 1. The van der Waals surface area contributed by atoms with Gasteiger partial charge >= 0.3 is 5.97 Å². The van der Waals surface area contributed by atoms with E-state index in [1.165, 1.54) is 18.7 Å². The maximum atomic E-state index is 14.3. The maximum absolute atomic E-state index is 14.3. The number of esters is 1. The Morgan fingerprint density at radius 2 is 1.79 bits per heavy atom. The van der Waals surface area contributed by atoms with Gasteiger partial charge in [0.25, 0.3) is 0 Å². The standard InChI is InChI=1S/C28H29FO4/c1-17(18(2)28(30)32-4)22-10-9-21-11-14-26(33-27(21)15-22)20-7-5-19(6-8-20)24-16-23(31-3)12-13-25(24)29/h5-10,12-13,15-18,26H,11,14H2,1-4H3. The number of halogens is 1. The van der Waals surface area contributed by atoms with Gasteiger partial charge in [0.1, 0.15) is 23.4 Å². The molecule has 33 heavy (non-hydrogen) atoms. The summed E-state index contributed by atoms with van der Waals surface area (Å²) in [5, 5.41) is 0. The van der Waals surface area contributed by atoms with Crippen LogP contribution in [0.3, 0.4) is 0 Å². The van der Waals surface area contributed by atoms with Crippen LogP contribution in [0.4, 0.5) is 4.39 Å². The lowest BCUT2D eigenvalue weighted by Crippen LogP contribution is -2.20. The van der Waals surface area contributed by atoms with Gasteiger partial charge in [-0.25, -0.2) is 4.39 Å². The van der Waals surface area contributed by atoms with Gasteiger partial charge in [0.15, 0.2) is 0 Å². The number of methoxy groups -OCH3 is 2. The van der Waals surface area contributed by atoms with Crippen molar-refractivity contribution < 1.29 is 23.4 Å². The Balaban J connectivity index is 1.53. The molecule has 3 unspecified atom stereocenters. The Kier molecular flexibility index (Phi) is 6.68. The Morgan fingerprint density at radius 3 is 2.48 bits per heavy atom. The molecule has 0 saturated heterocycles. The molecular formula is C28H29FO4. The zero-order chi connectivity index (χ0) is 23.5. The molecule has 3 atom stereocenters. The molecule has 0 radical (unpaired) electrons. The summed E-state index contributed by atoms with van der Waals surface area (Å²) in [5.74, 6) is 0.756. The van der Waals surface area contributed by atoms with Gasteiger partial charge in [-0.3, -0.25) is 4.79 Å². The van der Waals surface area contributed by atoms with Crippen LogP contribution in [0.1, 0.15) is 49.0 Å². The van der Waals surface area contributed by atoms with E-state index in [0.717, 1.165) is 35.3 Å². The van der Waals surface area contributed by atoms with Crippen LogP contribution in [0.25, 0.3) is 11.1 Å². The molecule has 4 rings (SSSR count). The van der Waals surface area contributed by atoms with Gasteiger partial charge in [-0.1, -0.05) is 50.2 Å². The fourth-order valence-electron chi connectivity index (χ4n) is 4.31. The SMILES string of the molecule is COC(=O)C(C)C(C)c1ccc2c(c1)OC(c1ccc(-c3cc(OC)ccc3F)cc1)CC2. The Labute approximate surface area is 194 Å². The van der Waals surface area contributed by atoms with Crippen LogP contribution < -0.4 is 9.47 Å². The number of fused-ring (bicyclic) bond motifs is 1. The van der Waals surface area contributed by atoms with E-state index >= 15 is 0 Å². The van der Waals surface area contributed by atoms with E-state index in [1.807, 2.05) is 44.2 Å². The van der Waals surface area contributed by atoms with Crippen molar-refractivity contribution in [3.8, 4) is 22.6 Å². The molecule has 172 valence electrons. The van der Waals surface area contributed by atoms with Crippen molar-refractivity contribution >= 4 is 5.97 Å². The summed E-state index contributed by atoms with van der Waals surface area (Å²) in [7, 11) is 2.99. The summed E-state index contributed by atoms with van der Waals surface area (Å²) in [6.07, 6.45) is 1.70. The molecule has 0 fully saturated rings. The number of benzene rings is 3. The fourth-order valence-corrected chi connectivity index (χ4v) is 4.31. The number of carbonyl (C=O) groups is 1. The Hall–Kier alpha value is -3.34. The van der Waals surface area contributed by atoms with Crippen molar-refractivity contribution in [1.29, 1.82) is 0 Å². The van der Waals surface area contributed by atoms with Crippen molar-refractivity contribution in [3.63, 3.8) is 0 Å². The first-order chi connectivity index (χ1) is 15.9. The van der Waals surface area contributed by atoms with Crippen LogP contribution in [-0.2, 0) is 16.0 Å². The van der Waals surface area contributed by atoms with E-state index in [1.54, 1.807) is 19.2 Å². The van der Waals surface area contributed by atoms with E-state index in [0.29, 0.717) is 11.3 Å². The van der Waals surface area contributed by atoms with E-state index < -0.39 is 0 Å². The van der Waals surface area contributed by atoms with Gasteiger partial charge in [-0.15, -0.1) is 0 Å². The van der Waals surface area contributed by atoms with E-state index in [2.05, 4.69) is 12.1 Å². The van der Waals surface area contributed by atoms with Gasteiger partial charge in [-0.2, -0.15) is 0 Å². The van der Waals surface area contributed by atoms with Gasteiger partial charge in [0.05, 0.1) is 20.1 Å². The molecule has 0 bridgehead atoms. The van der Waals surface area contributed by atoms with E-state index in [-0.39, 0.29) is 29.7 Å². The number of ether oxygens (including phenoxy) is 3. The molecule has 3 aromatic carbocycles. The molecule has 0 N–H and O–H groups in total. The average Bonchev–Trinajstić information content (AvgIpc) is 2.87. The highest BCUT2D eigenvalue weighted by molar-refractivity contribution is 5.73. The predicted octanol–water partition coefficient (Wildman–Crippen LogP) is 6.48. The lowest BCUT2D eigenvalue weighted by molar-refractivity contribution is -0.145. The van der Waals surface area contributed by atoms with Gasteiger partial charge < -0.3 is 14.2 Å².